The average molecular weight is 264 g/mol. The van der Waals surface area contributed by atoms with Gasteiger partial charge in [0.25, 0.3) is 5.91 Å². The summed E-state index contributed by atoms with van der Waals surface area (Å²) in [6.45, 7) is 4.32. The summed E-state index contributed by atoms with van der Waals surface area (Å²) in [5, 5.41) is 1.72. The van der Waals surface area contributed by atoms with E-state index in [2.05, 4.69) is 0 Å². The van der Waals surface area contributed by atoms with Crippen molar-refractivity contribution in [2.24, 2.45) is 5.73 Å². The number of hydroxylamine groups is 2. The first kappa shape index (κ1) is 13.0. The fraction of sp³-hybridized carbons (Fsp3) is 0.308. The fourth-order valence-electron chi connectivity index (χ4n) is 1.88. The van der Waals surface area contributed by atoms with Gasteiger partial charge in [-0.15, -0.1) is 0 Å². The smallest absolute Gasteiger partial charge is 0.257 e. The van der Waals surface area contributed by atoms with Gasteiger partial charge >= 0.3 is 0 Å². The second-order valence-corrected chi connectivity index (χ2v) is 4.99. The van der Waals surface area contributed by atoms with Gasteiger partial charge in [-0.3, -0.25) is 9.63 Å². The van der Waals surface area contributed by atoms with Gasteiger partial charge in [-0.05, 0) is 19.4 Å². The molecule has 1 heterocycles. The zero-order chi connectivity index (χ0) is 13.1. The molecule has 0 saturated heterocycles. The Morgan fingerprint density at radius 1 is 1.44 bits per heavy atom. The molecule has 0 radical (unpaired) electrons. The standard InChI is InChI=1S/C13H16N2O2S/c1-3-17-15-9(2)11(12(14)16)18-13(15)10-7-5-4-6-8-10/h4-8,13H,3H2,1-2H3,(H2,14,16). The quantitative estimate of drug-likeness (QED) is 0.907. The molecule has 18 heavy (non-hydrogen) atoms. The minimum atomic E-state index is -0.402. The molecule has 4 nitrogen and oxygen atoms in total. The predicted molar refractivity (Wildman–Crippen MR) is 72.1 cm³/mol. The fourth-order valence-corrected chi connectivity index (χ4v) is 3.09. The first-order valence-electron chi connectivity index (χ1n) is 5.79. The van der Waals surface area contributed by atoms with Gasteiger partial charge in [0.05, 0.1) is 17.2 Å². The maximum atomic E-state index is 11.4. The van der Waals surface area contributed by atoms with E-state index in [9.17, 15) is 4.79 Å². The summed E-state index contributed by atoms with van der Waals surface area (Å²) in [6, 6.07) is 9.93. The molecular weight excluding hydrogens is 248 g/mol. The van der Waals surface area contributed by atoms with E-state index >= 15 is 0 Å². The van der Waals surface area contributed by atoms with Crippen LogP contribution >= 0.6 is 11.8 Å². The van der Waals surface area contributed by atoms with Crippen LogP contribution in [-0.4, -0.2) is 17.6 Å². The third-order valence-electron chi connectivity index (χ3n) is 2.68. The lowest BCUT2D eigenvalue weighted by molar-refractivity contribution is -0.134. The van der Waals surface area contributed by atoms with Gasteiger partial charge < -0.3 is 5.73 Å². The van der Waals surface area contributed by atoms with Crippen LogP contribution in [0.4, 0.5) is 0 Å². The summed E-state index contributed by atoms with van der Waals surface area (Å²) in [6.07, 6.45) is 0. The van der Waals surface area contributed by atoms with E-state index in [4.69, 9.17) is 10.6 Å². The van der Waals surface area contributed by atoms with Crippen LogP contribution in [0.1, 0.15) is 24.8 Å². The van der Waals surface area contributed by atoms with Crippen molar-refractivity contribution in [2.45, 2.75) is 19.2 Å². The van der Waals surface area contributed by atoms with Crippen LogP contribution in [-0.2, 0) is 9.63 Å². The lowest BCUT2D eigenvalue weighted by atomic mass is 10.2. The Morgan fingerprint density at radius 3 is 2.67 bits per heavy atom. The van der Waals surface area contributed by atoms with E-state index < -0.39 is 5.91 Å². The Kier molecular flexibility index (Phi) is 3.93. The van der Waals surface area contributed by atoms with Gasteiger partial charge in [-0.25, -0.2) is 5.06 Å². The van der Waals surface area contributed by atoms with Gasteiger partial charge in [0.1, 0.15) is 5.37 Å². The largest absolute Gasteiger partial charge is 0.365 e. The van der Waals surface area contributed by atoms with Crippen molar-refractivity contribution in [1.82, 2.24) is 5.06 Å². The number of carbonyl (C=O) groups is 1. The maximum Gasteiger partial charge on any atom is 0.257 e. The number of benzene rings is 1. The molecule has 1 aromatic carbocycles. The van der Waals surface area contributed by atoms with E-state index in [-0.39, 0.29) is 5.37 Å². The molecule has 0 aliphatic carbocycles. The Morgan fingerprint density at radius 2 is 2.11 bits per heavy atom. The highest BCUT2D eigenvalue weighted by Gasteiger charge is 2.34. The second-order valence-electron chi connectivity index (χ2n) is 3.90. The molecule has 0 fully saturated rings. The van der Waals surface area contributed by atoms with E-state index in [1.807, 2.05) is 44.2 Å². The van der Waals surface area contributed by atoms with Crippen LogP contribution in [0.3, 0.4) is 0 Å². The molecule has 5 heteroatoms. The van der Waals surface area contributed by atoms with Crippen molar-refractivity contribution in [3.63, 3.8) is 0 Å². The molecule has 0 bridgehead atoms. The molecule has 0 spiro atoms. The van der Waals surface area contributed by atoms with Crippen LogP contribution in [0, 0.1) is 0 Å². The first-order chi connectivity index (χ1) is 8.65. The van der Waals surface area contributed by atoms with Gasteiger partial charge in [0, 0.05) is 0 Å². The average Bonchev–Trinajstić information content (AvgIpc) is 2.69. The van der Waals surface area contributed by atoms with Crippen molar-refractivity contribution in [1.29, 1.82) is 0 Å². The number of nitrogens with two attached hydrogens (primary N) is 1. The minimum Gasteiger partial charge on any atom is -0.365 e. The topological polar surface area (TPSA) is 55.6 Å². The third kappa shape index (κ3) is 2.37. The predicted octanol–water partition coefficient (Wildman–Crippen LogP) is 2.40. The summed E-state index contributed by atoms with van der Waals surface area (Å²) < 4.78 is 0. The van der Waals surface area contributed by atoms with E-state index in [0.717, 1.165) is 11.3 Å². The molecule has 1 aliphatic heterocycles. The highest BCUT2D eigenvalue weighted by atomic mass is 32.2. The molecule has 1 atom stereocenters. The second kappa shape index (κ2) is 5.46. The van der Waals surface area contributed by atoms with Crippen LogP contribution in [0.25, 0.3) is 0 Å². The van der Waals surface area contributed by atoms with Crippen molar-refractivity contribution in [3.05, 3.63) is 46.5 Å². The van der Waals surface area contributed by atoms with E-state index in [1.165, 1.54) is 11.8 Å². The number of hydrogen-bond acceptors (Lipinski definition) is 4. The number of allylic oxidation sites excluding steroid dienone is 1. The number of primary amides is 1. The van der Waals surface area contributed by atoms with Crippen LogP contribution in [0.15, 0.2) is 40.9 Å². The number of rotatable bonds is 4. The van der Waals surface area contributed by atoms with E-state index in [1.54, 1.807) is 5.06 Å². The molecule has 1 amide bonds. The van der Waals surface area contributed by atoms with Crippen LogP contribution in [0.5, 0.6) is 0 Å². The number of carbonyl (C=O) groups excluding carboxylic acids is 1. The monoisotopic (exact) mass is 264 g/mol. The SMILES string of the molecule is CCON1C(C)=C(C(N)=O)SC1c1ccccc1. The van der Waals surface area contributed by atoms with Crippen molar-refractivity contribution >= 4 is 17.7 Å². The van der Waals surface area contributed by atoms with E-state index in [0.29, 0.717) is 11.5 Å². The van der Waals surface area contributed by atoms with Gasteiger partial charge in [0.15, 0.2) is 0 Å². The molecule has 1 aliphatic rings. The Bertz CT molecular complexity index is 473. The molecule has 2 N–H and O–H groups in total. The zero-order valence-corrected chi connectivity index (χ0v) is 11.2. The van der Waals surface area contributed by atoms with Crippen molar-refractivity contribution < 1.29 is 9.63 Å². The summed E-state index contributed by atoms with van der Waals surface area (Å²) >= 11 is 1.43. The summed E-state index contributed by atoms with van der Waals surface area (Å²) in [7, 11) is 0. The third-order valence-corrected chi connectivity index (χ3v) is 4.10. The first-order valence-corrected chi connectivity index (χ1v) is 6.67. The lowest BCUT2D eigenvalue weighted by Crippen LogP contribution is -2.22. The number of nitrogens with zero attached hydrogens (tertiary/aromatic N) is 1. The highest BCUT2D eigenvalue weighted by Crippen LogP contribution is 2.47. The minimum absolute atomic E-state index is 0.0475. The number of hydrogen-bond donors (Lipinski definition) is 1. The normalized spacial score (nSPS) is 19.4. The van der Waals surface area contributed by atoms with Crippen LogP contribution < -0.4 is 5.73 Å². The molecule has 2 rings (SSSR count). The summed E-state index contributed by atoms with van der Waals surface area (Å²) in [4.78, 5) is 17.6. The number of amides is 1. The Balaban J connectivity index is 2.31. The lowest BCUT2D eigenvalue weighted by Gasteiger charge is -2.26. The van der Waals surface area contributed by atoms with Crippen molar-refractivity contribution in [2.75, 3.05) is 6.61 Å². The highest BCUT2D eigenvalue weighted by molar-refractivity contribution is 8.04. The number of thioether (sulfide) groups is 1. The molecule has 1 unspecified atom stereocenters. The maximum absolute atomic E-state index is 11.4. The molecule has 0 saturated carbocycles. The van der Waals surface area contributed by atoms with Gasteiger partial charge in [-0.2, -0.15) is 0 Å². The molecular formula is C13H16N2O2S. The molecule has 0 aromatic heterocycles. The molecule has 96 valence electrons. The van der Waals surface area contributed by atoms with Gasteiger partial charge in [-0.1, -0.05) is 42.1 Å². The summed E-state index contributed by atoms with van der Waals surface area (Å²) in [5.41, 5.74) is 7.26. The van der Waals surface area contributed by atoms with Crippen LogP contribution in [0.2, 0.25) is 0 Å². The summed E-state index contributed by atoms with van der Waals surface area (Å²) in [5.74, 6) is -0.402. The zero-order valence-electron chi connectivity index (χ0n) is 10.4. The molecule has 1 aromatic rings. The van der Waals surface area contributed by atoms with Crippen molar-refractivity contribution in [3.8, 4) is 0 Å². The van der Waals surface area contributed by atoms with Gasteiger partial charge in [0.2, 0.25) is 0 Å². The Labute approximate surface area is 111 Å². The Hall–Kier alpha value is -1.46.